The van der Waals surface area contributed by atoms with Crippen molar-refractivity contribution in [3.8, 4) is 17.2 Å². The number of carbonyl (C=O) groups excluding carboxylic acids is 2. The van der Waals surface area contributed by atoms with Gasteiger partial charge in [-0.3, -0.25) is 4.79 Å². The van der Waals surface area contributed by atoms with E-state index in [1.165, 1.54) is 7.05 Å². The first kappa shape index (κ1) is 26.0. The van der Waals surface area contributed by atoms with Gasteiger partial charge in [0.25, 0.3) is 0 Å². The Kier molecular flexibility index (Phi) is 7.89. The largest absolute Gasteiger partial charge is 0.493 e. The number of nitrogens with one attached hydrogen (secondary N) is 1. The standard InChI is InChI=1S/C32H30N2O5/c1-33-32(36)38-27-10-5-7-23(18-27)21-34(2)15-6-16-37-26-13-14-28-29(20-26)39-30(31(28)35)19-22-11-12-24-8-3-4-9-25(24)17-22/h3-5,7-14,17-20H,6,15-16,21H2,1-2H3,(H,33,36)/b30-19-. The zero-order valence-electron chi connectivity index (χ0n) is 22.0. The molecule has 7 nitrogen and oxygen atoms in total. The van der Waals surface area contributed by atoms with Crippen LogP contribution in [0.2, 0.25) is 0 Å². The normalized spacial score (nSPS) is 13.4. The van der Waals surface area contributed by atoms with E-state index in [2.05, 4.69) is 16.3 Å². The molecule has 0 unspecified atom stereocenters. The lowest BCUT2D eigenvalue weighted by molar-refractivity contribution is 0.101. The van der Waals surface area contributed by atoms with Gasteiger partial charge >= 0.3 is 6.09 Å². The highest BCUT2D eigenvalue weighted by Crippen LogP contribution is 2.35. The van der Waals surface area contributed by atoms with E-state index in [1.807, 2.05) is 61.6 Å². The van der Waals surface area contributed by atoms with Crippen molar-refractivity contribution in [2.45, 2.75) is 13.0 Å². The Hall–Kier alpha value is -4.62. The minimum Gasteiger partial charge on any atom is -0.493 e. The fourth-order valence-electron chi connectivity index (χ4n) is 4.49. The summed E-state index contributed by atoms with van der Waals surface area (Å²) in [4.78, 5) is 26.5. The maximum Gasteiger partial charge on any atom is 0.412 e. The summed E-state index contributed by atoms with van der Waals surface area (Å²) in [6, 6.07) is 27.0. The number of ketones is 1. The third-order valence-electron chi connectivity index (χ3n) is 6.43. The Morgan fingerprint density at radius 1 is 0.949 bits per heavy atom. The Morgan fingerprint density at radius 2 is 1.79 bits per heavy atom. The third-order valence-corrected chi connectivity index (χ3v) is 6.43. The maximum atomic E-state index is 12.9. The molecule has 5 rings (SSSR count). The Bertz CT molecular complexity index is 1540. The zero-order valence-corrected chi connectivity index (χ0v) is 22.0. The van der Waals surface area contributed by atoms with Gasteiger partial charge in [-0.15, -0.1) is 0 Å². The number of Topliss-reactive ketones (excluding diaryl/α,β-unsaturated/α-hetero) is 1. The van der Waals surface area contributed by atoms with Crippen LogP contribution in [0.15, 0.2) is 90.7 Å². The average Bonchev–Trinajstić information content (AvgIpc) is 3.25. The van der Waals surface area contributed by atoms with Crippen molar-refractivity contribution in [3.63, 3.8) is 0 Å². The number of ether oxygens (including phenoxy) is 3. The quantitative estimate of drug-likeness (QED) is 0.212. The molecule has 1 amide bonds. The molecule has 0 aromatic heterocycles. The van der Waals surface area contributed by atoms with Crippen molar-refractivity contribution < 1.29 is 23.8 Å². The molecule has 0 radical (unpaired) electrons. The predicted molar refractivity (Wildman–Crippen MR) is 151 cm³/mol. The van der Waals surface area contributed by atoms with Gasteiger partial charge in [-0.2, -0.15) is 0 Å². The number of fused-ring (bicyclic) bond motifs is 2. The van der Waals surface area contributed by atoms with E-state index in [0.717, 1.165) is 34.9 Å². The second kappa shape index (κ2) is 11.8. The summed E-state index contributed by atoms with van der Waals surface area (Å²) in [5.74, 6) is 1.87. The van der Waals surface area contributed by atoms with Crippen LogP contribution in [0.4, 0.5) is 4.79 Å². The van der Waals surface area contributed by atoms with Gasteiger partial charge in [-0.05, 0) is 71.8 Å². The van der Waals surface area contributed by atoms with E-state index >= 15 is 0 Å². The Morgan fingerprint density at radius 3 is 2.64 bits per heavy atom. The minimum atomic E-state index is -0.490. The molecular formula is C32H30N2O5. The van der Waals surface area contributed by atoms with E-state index < -0.39 is 6.09 Å². The van der Waals surface area contributed by atoms with Gasteiger partial charge in [0.1, 0.15) is 17.2 Å². The number of amides is 1. The maximum absolute atomic E-state index is 12.9. The molecule has 4 aromatic rings. The third kappa shape index (κ3) is 6.45. The second-order valence-corrected chi connectivity index (χ2v) is 9.43. The van der Waals surface area contributed by atoms with Crippen LogP contribution in [0.1, 0.15) is 27.9 Å². The minimum absolute atomic E-state index is 0.129. The lowest BCUT2D eigenvalue weighted by Crippen LogP contribution is -2.22. The molecule has 7 heteroatoms. The Balaban J connectivity index is 1.12. The molecule has 1 heterocycles. The van der Waals surface area contributed by atoms with E-state index in [-0.39, 0.29) is 5.78 Å². The zero-order chi connectivity index (χ0) is 27.2. The smallest absolute Gasteiger partial charge is 0.412 e. The first-order valence-corrected chi connectivity index (χ1v) is 12.9. The molecule has 1 aliphatic rings. The summed E-state index contributed by atoms with van der Waals surface area (Å²) >= 11 is 0. The number of carbonyl (C=O) groups is 2. The number of allylic oxidation sites excluding steroid dienone is 1. The van der Waals surface area contributed by atoms with Crippen molar-refractivity contribution in [3.05, 3.63) is 107 Å². The van der Waals surface area contributed by atoms with Crippen LogP contribution in [0.3, 0.4) is 0 Å². The summed E-state index contributed by atoms with van der Waals surface area (Å²) in [6.45, 7) is 2.06. The van der Waals surface area contributed by atoms with Crippen LogP contribution in [0.5, 0.6) is 17.2 Å². The first-order chi connectivity index (χ1) is 19.0. The monoisotopic (exact) mass is 522 g/mol. The molecular weight excluding hydrogens is 492 g/mol. The summed E-state index contributed by atoms with van der Waals surface area (Å²) in [6.07, 6.45) is 2.11. The summed E-state index contributed by atoms with van der Waals surface area (Å²) in [5.41, 5.74) is 2.50. The molecule has 0 fully saturated rings. The highest BCUT2D eigenvalue weighted by atomic mass is 16.6. The van der Waals surface area contributed by atoms with Crippen molar-refractivity contribution >= 4 is 28.7 Å². The fraction of sp³-hybridized carbons (Fsp3) is 0.188. The molecule has 4 aromatic carbocycles. The molecule has 198 valence electrons. The van der Waals surface area contributed by atoms with E-state index in [9.17, 15) is 9.59 Å². The number of nitrogens with zero attached hydrogens (tertiary/aromatic N) is 1. The molecule has 0 aliphatic carbocycles. The first-order valence-electron chi connectivity index (χ1n) is 12.9. The van der Waals surface area contributed by atoms with Crippen LogP contribution in [-0.2, 0) is 6.54 Å². The van der Waals surface area contributed by atoms with Crippen LogP contribution < -0.4 is 19.5 Å². The van der Waals surface area contributed by atoms with Crippen molar-refractivity contribution in [2.75, 3.05) is 27.2 Å². The molecule has 0 saturated heterocycles. The molecule has 39 heavy (non-hydrogen) atoms. The molecule has 0 atom stereocenters. The lowest BCUT2D eigenvalue weighted by Gasteiger charge is -2.17. The van der Waals surface area contributed by atoms with Crippen LogP contribution in [0, 0.1) is 0 Å². The van der Waals surface area contributed by atoms with Gasteiger partial charge < -0.3 is 24.4 Å². The van der Waals surface area contributed by atoms with Gasteiger partial charge in [-0.25, -0.2) is 4.79 Å². The lowest BCUT2D eigenvalue weighted by atomic mass is 10.1. The fourth-order valence-corrected chi connectivity index (χ4v) is 4.49. The highest BCUT2D eigenvalue weighted by molar-refractivity contribution is 6.14. The SMILES string of the molecule is CNC(=O)Oc1cccc(CN(C)CCCOc2ccc3c(c2)O/C(=C\c2ccc4ccccc4c2)C3=O)c1. The van der Waals surface area contributed by atoms with Gasteiger partial charge in [0.2, 0.25) is 5.78 Å². The summed E-state index contributed by atoms with van der Waals surface area (Å²) in [5, 5.41) is 4.70. The topological polar surface area (TPSA) is 77.1 Å². The molecule has 0 spiro atoms. The Labute approximate surface area is 227 Å². The van der Waals surface area contributed by atoms with Gasteiger partial charge in [0.15, 0.2) is 5.76 Å². The average molecular weight is 523 g/mol. The molecule has 1 N–H and O–H groups in total. The van der Waals surface area contributed by atoms with Crippen LogP contribution in [0.25, 0.3) is 16.8 Å². The second-order valence-electron chi connectivity index (χ2n) is 9.43. The highest BCUT2D eigenvalue weighted by Gasteiger charge is 2.27. The van der Waals surface area contributed by atoms with E-state index in [4.69, 9.17) is 14.2 Å². The van der Waals surface area contributed by atoms with E-state index in [1.54, 1.807) is 30.3 Å². The summed E-state index contributed by atoms with van der Waals surface area (Å²) < 4.78 is 17.1. The predicted octanol–water partition coefficient (Wildman–Crippen LogP) is 6.08. The van der Waals surface area contributed by atoms with Crippen LogP contribution in [-0.4, -0.2) is 44.0 Å². The van der Waals surface area contributed by atoms with Gasteiger partial charge in [0, 0.05) is 26.2 Å². The van der Waals surface area contributed by atoms with Gasteiger partial charge in [0.05, 0.1) is 12.2 Å². The summed E-state index contributed by atoms with van der Waals surface area (Å²) in [7, 11) is 3.56. The van der Waals surface area contributed by atoms with Gasteiger partial charge in [-0.1, -0.05) is 48.5 Å². The van der Waals surface area contributed by atoms with E-state index in [0.29, 0.717) is 41.7 Å². The molecule has 1 aliphatic heterocycles. The molecule has 0 bridgehead atoms. The molecule has 0 saturated carbocycles. The number of rotatable bonds is 9. The number of hydrogen-bond acceptors (Lipinski definition) is 6. The van der Waals surface area contributed by atoms with Crippen LogP contribution >= 0.6 is 0 Å². The number of benzene rings is 4. The van der Waals surface area contributed by atoms with Crippen molar-refractivity contribution in [2.24, 2.45) is 0 Å². The van der Waals surface area contributed by atoms with Crippen molar-refractivity contribution in [1.29, 1.82) is 0 Å². The number of hydrogen-bond donors (Lipinski definition) is 1. The van der Waals surface area contributed by atoms with Crippen molar-refractivity contribution in [1.82, 2.24) is 10.2 Å².